The number of carbonyl (C=O) groups excluding carboxylic acids is 1. The van der Waals surface area contributed by atoms with Crippen LogP contribution in [0.1, 0.15) is 22.2 Å². The second-order valence-electron chi connectivity index (χ2n) is 3.05. The van der Waals surface area contributed by atoms with Crippen LogP contribution in [0.4, 0.5) is 0 Å². The highest BCUT2D eigenvalue weighted by Gasteiger charge is 2.33. The van der Waals surface area contributed by atoms with Crippen molar-refractivity contribution in [1.29, 1.82) is 0 Å². The highest BCUT2D eigenvalue weighted by atomic mass is 16.6. The van der Waals surface area contributed by atoms with Gasteiger partial charge in [0.05, 0.1) is 25.3 Å². The van der Waals surface area contributed by atoms with Crippen molar-refractivity contribution in [3.63, 3.8) is 0 Å². The van der Waals surface area contributed by atoms with E-state index in [0.717, 1.165) is 0 Å². The van der Waals surface area contributed by atoms with Crippen LogP contribution >= 0.6 is 0 Å². The molecule has 2 rings (SSSR count). The number of carbonyl (C=O) groups is 1. The fourth-order valence-electron chi connectivity index (χ4n) is 1.54. The number of aliphatic hydroxyl groups is 1. The number of aliphatic hydroxyl groups excluding tert-OH is 1. The van der Waals surface area contributed by atoms with Crippen molar-refractivity contribution in [3.05, 3.63) is 23.3 Å². The molecule has 1 unspecified atom stereocenters. The van der Waals surface area contributed by atoms with E-state index in [4.69, 9.17) is 9.47 Å². The van der Waals surface area contributed by atoms with Gasteiger partial charge in [0.1, 0.15) is 11.5 Å². The van der Waals surface area contributed by atoms with Gasteiger partial charge in [-0.3, -0.25) is 0 Å². The summed E-state index contributed by atoms with van der Waals surface area (Å²) in [5.41, 5.74) is 0.627. The Labute approximate surface area is 86.2 Å². The zero-order valence-electron chi connectivity index (χ0n) is 8.31. The van der Waals surface area contributed by atoms with Crippen LogP contribution in [-0.4, -0.2) is 25.3 Å². The molecule has 0 amide bonds. The van der Waals surface area contributed by atoms with Gasteiger partial charge < -0.3 is 19.3 Å². The predicted molar refractivity (Wildman–Crippen MR) is 49.9 cm³/mol. The van der Waals surface area contributed by atoms with E-state index in [1.165, 1.54) is 20.3 Å². The summed E-state index contributed by atoms with van der Waals surface area (Å²) in [6, 6.07) is 3.10. The highest BCUT2D eigenvalue weighted by molar-refractivity contribution is 5.95. The molecular formula is C10H10O5. The lowest BCUT2D eigenvalue weighted by molar-refractivity contribution is -0.0555. The number of ether oxygens (including phenoxy) is 3. The maximum atomic E-state index is 11.3. The average molecular weight is 210 g/mol. The number of esters is 1. The third-order valence-electron chi connectivity index (χ3n) is 2.26. The molecule has 0 bridgehead atoms. The molecule has 1 aromatic rings. The zero-order chi connectivity index (χ0) is 11.0. The van der Waals surface area contributed by atoms with Gasteiger partial charge >= 0.3 is 5.97 Å². The smallest absolute Gasteiger partial charge is 0.341 e. The summed E-state index contributed by atoms with van der Waals surface area (Å²) in [5.74, 6) is 0.286. The first-order valence-corrected chi connectivity index (χ1v) is 4.32. The average Bonchev–Trinajstić information content (AvgIpc) is 2.53. The molecule has 1 aliphatic heterocycles. The first-order valence-electron chi connectivity index (χ1n) is 4.32. The van der Waals surface area contributed by atoms with E-state index in [0.29, 0.717) is 17.1 Å². The van der Waals surface area contributed by atoms with Gasteiger partial charge in [-0.05, 0) is 6.07 Å². The van der Waals surface area contributed by atoms with E-state index in [1.54, 1.807) is 6.07 Å². The van der Waals surface area contributed by atoms with E-state index in [-0.39, 0.29) is 5.56 Å². The Bertz CT molecular complexity index is 413. The third-order valence-corrected chi connectivity index (χ3v) is 2.26. The van der Waals surface area contributed by atoms with Gasteiger partial charge in [-0.2, -0.15) is 0 Å². The van der Waals surface area contributed by atoms with Crippen molar-refractivity contribution < 1.29 is 24.1 Å². The minimum absolute atomic E-state index is 0.277. The quantitative estimate of drug-likeness (QED) is 0.733. The first-order chi connectivity index (χ1) is 7.17. The summed E-state index contributed by atoms with van der Waals surface area (Å²) >= 11 is 0. The molecule has 0 fully saturated rings. The van der Waals surface area contributed by atoms with Crippen molar-refractivity contribution in [2.24, 2.45) is 0 Å². The number of rotatable bonds is 2. The number of cyclic esters (lactones) is 1. The van der Waals surface area contributed by atoms with Crippen LogP contribution in [0.2, 0.25) is 0 Å². The fraction of sp³-hybridized carbons (Fsp3) is 0.300. The second-order valence-corrected chi connectivity index (χ2v) is 3.05. The van der Waals surface area contributed by atoms with Crippen molar-refractivity contribution in [1.82, 2.24) is 0 Å². The lowest BCUT2D eigenvalue weighted by atomic mass is 10.1. The number of benzene rings is 1. The molecule has 80 valence electrons. The molecule has 0 saturated heterocycles. The van der Waals surface area contributed by atoms with Crippen LogP contribution < -0.4 is 9.47 Å². The lowest BCUT2D eigenvalue weighted by Crippen LogP contribution is -1.98. The minimum Gasteiger partial charge on any atom is -0.497 e. The number of hydrogen-bond acceptors (Lipinski definition) is 5. The van der Waals surface area contributed by atoms with E-state index >= 15 is 0 Å². The molecule has 1 N–H and O–H groups in total. The monoisotopic (exact) mass is 210 g/mol. The van der Waals surface area contributed by atoms with Gasteiger partial charge in [0.15, 0.2) is 0 Å². The summed E-state index contributed by atoms with van der Waals surface area (Å²) < 4.78 is 14.7. The molecule has 5 heteroatoms. The van der Waals surface area contributed by atoms with Gasteiger partial charge in [-0.15, -0.1) is 0 Å². The van der Waals surface area contributed by atoms with Crippen LogP contribution in [0.3, 0.4) is 0 Å². The maximum Gasteiger partial charge on any atom is 0.341 e. The topological polar surface area (TPSA) is 65.0 Å². The normalized spacial score (nSPS) is 18.3. The number of methoxy groups -OCH3 is 2. The Hall–Kier alpha value is -1.75. The summed E-state index contributed by atoms with van der Waals surface area (Å²) in [7, 11) is 2.93. The Morgan fingerprint density at radius 1 is 1.33 bits per heavy atom. The van der Waals surface area contributed by atoms with Crippen molar-refractivity contribution >= 4 is 5.97 Å². The molecule has 1 aliphatic rings. The van der Waals surface area contributed by atoms with E-state index in [2.05, 4.69) is 4.74 Å². The molecule has 1 heterocycles. The molecular weight excluding hydrogens is 200 g/mol. The van der Waals surface area contributed by atoms with Crippen molar-refractivity contribution in [2.75, 3.05) is 14.2 Å². The minimum atomic E-state index is -1.26. The largest absolute Gasteiger partial charge is 0.497 e. The SMILES string of the molecule is COc1cc(OC)c2c(c1)C(=O)OC2O. The van der Waals surface area contributed by atoms with Crippen LogP contribution in [0.25, 0.3) is 0 Å². The van der Waals surface area contributed by atoms with Crippen LogP contribution in [0.15, 0.2) is 12.1 Å². The van der Waals surface area contributed by atoms with E-state index < -0.39 is 12.3 Å². The van der Waals surface area contributed by atoms with Gasteiger partial charge in [0.25, 0.3) is 0 Å². The maximum absolute atomic E-state index is 11.3. The standard InChI is InChI=1S/C10H10O5/c1-13-5-3-6-8(7(4-5)14-2)10(12)15-9(6)11/h3-4,10,12H,1-2H3. The fourth-order valence-corrected chi connectivity index (χ4v) is 1.54. The van der Waals surface area contributed by atoms with Crippen molar-refractivity contribution in [2.45, 2.75) is 6.29 Å². The van der Waals surface area contributed by atoms with Crippen LogP contribution in [-0.2, 0) is 4.74 Å². The Kier molecular flexibility index (Phi) is 2.24. The molecule has 15 heavy (non-hydrogen) atoms. The Balaban J connectivity index is 2.62. The molecule has 0 radical (unpaired) electrons. The lowest BCUT2D eigenvalue weighted by Gasteiger charge is -2.09. The zero-order valence-corrected chi connectivity index (χ0v) is 8.31. The molecule has 1 atom stereocenters. The van der Waals surface area contributed by atoms with Gasteiger partial charge in [0.2, 0.25) is 6.29 Å². The van der Waals surface area contributed by atoms with Crippen molar-refractivity contribution in [3.8, 4) is 11.5 Å². The van der Waals surface area contributed by atoms with E-state index in [1.807, 2.05) is 0 Å². The van der Waals surface area contributed by atoms with Gasteiger partial charge in [0, 0.05) is 6.07 Å². The number of fused-ring (bicyclic) bond motifs is 1. The Morgan fingerprint density at radius 3 is 2.67 bits per heavy atom. The molecule has 0 saturated carbocycles. The molecule has 0 aromatic heterocycles. The predicted octanol–water partition coefficient (Wildman–Crippen LogP) is 0.865. The Morgan fingerprint density at radius 2 is 2.07 bits per heavy atom. The molecule has 0 aliphatic carbocycles. The number of hydrogen-bond donors (Lipinski definition) is 1. The summed E-state index contributed by atoms with van der Waals surface area (Å²) in [5, 5.41) is 9.46. The highest BCUT2D eigenvalue weighted by Crippen LogP contribution is 2.38. The van der Waals surface area contributed by atoms with Gasteiger partial charge in [-0.1, -0.05) is 0 Å². The first kappa shape index (κ1) is 9.79. The second kappa shape index (κ2) is 3.43. The molecule has 5 nitrogen and oxygen atoms in total. The van der Waals surface area contributed by atoms with Gasteiger partial charge in [-0.25, -0.2) is 4.79 Å². The molecule has 1 aromatic carbocycles. The summed E-state index contributed by atoms with van der Waals surface area (Å²) in [6.45, 7) is 0. The third kappa shape index (κ3) is 1.41. The van der Waals surface area contributed by atoms with Crippen LogP contribution in [0, 0.1) is 0 Å². The van der Waals surface area contributed by atoms with Crippen LogP contribution in [0.5, 0.6) is 11.5 Å². The van der Waals surface area contributed by atoms with E-state index in [9.17, 15) is 9.90 Å². The summed E-state index contributed by atoms with van der Waals surface area (Å²) in [6.07, 6.45) is -1.26. The molecule has 0 spiro atoms. The summed E-state index contributed by atoms with van der Waals surface area (Å²) in [4.78, 5) is 11.3.